The fourth-order valence-electron chi connectivity index (χ4n) is 0.899. The molecule has 0 amide bonds. The van der Waals surface area contributed by atoms with E-state index in [2.05, 4.69) is 0 Å². The van der Waals surface area contributed by atoms with Crippen LogP contribution in [0.3, 0.4) is 0 Å². The molecule has 0 radical (unpaired) electrons. The number of aldehydes is 1. The molecule has 2 nitrogen and oxygen atoms in total. The van der Waals surface area contributed by atoms with E-state index in [0.29, 0.717) is 0 Å². The van der Waals surface area contributed by atoms with Gasteiger partial charge in [-0.05, 0) is 19.8 Å². The molecule has 0 aromatic heterocycles. The lowest BCUT2D eigenvalue weighted by Gasteiger charge is -2.14. The zero-order valence-corrected chi connectivity index (χ0v) is 5.52. The second kappa shape index (κ2) is 2.67. The number of hydrogen-bond acceptors (Lipinski definition) is 2. The van der Waals surface area contributed by atoms with Crippen molar-refractivity contribution >= 4 is 6.29 Å². The summed E-state index contributed by atoms with van der Waals surface area (Å²) in [6.45, 7) is 2.60. The van der Waals surface area contributed by atoms with Crippen LogP contribution in [0.4, 0.5) is 0 Å². The molecule has 0 saturated carbocycles. The topological polar surface area (TPSA) is 26.3 Å². The Morgan fingerprint density at radius 1 is 1.67 bits per heavy atom. The zero-order valence-electron chi connectivity index (χ0n) is 5.52. The van der Waals surface area contributed by atoms with E-state index in [1.54, 1.807) is 0 Å². The molecule has 1 rings (SSSR count). The molecule has 0 aromatic rings. The van der Waals surface area contributed by atoms with Crippen LogP contribution in [-0.4, -0.2) is 12.9 Å². The molecule has 9 heavy (non-hydrogen) atoms. The summed E-state index contributed by atoms with van der Waals surface area (Å²) < 4.78 is 5.13. The number of carbonyl (C=O) groups is 1. The summed E-state index contributed by atoms with van der Waals surface area (Å²) in [5.74, 6) is 0.802. The number of rotatable bonds is 1. The number of hydrogen-bond donors (Lipinski definition) is 0. The molecule has 0 N–H and O–H groups in total. The minimum atomic E-state index is 0.767. The highest BCUT2D eigenvalue weighted by atomic mass is 16.5. The largest absolute Gasteiger partial charge is 0.498 e. The van der Waals surface area contributed by atoms with E-state index in [-0.39, 0.29) is 0 Å². The van der Waals surface area contributed by atoms with Crippen molar-refractivity contribution < 1.29 is 9.53 Å². The quantitative estimate of drug-likeness (QED) is 0.494. The molecular weight excluding hydrogens is 116 g/mol. The number of ether oxygens (including phenoxy) is 1. The highest BCUT2D eigenvalue weighted by Gasteiger charge is 2.07. The molecule has 0 saturated heterocycles. The van der Waals surface area contributed by atoms with Crippen molar-refractivity contribution in [2.45, 2.75) is 19.8 Å². The zero-order chi connectivity index (χ0) is 6.69. The van der Waals surface area contributed by atoms with E-state index in [9.17, 15) is 4.79 Å². The van der Waals surface area contributed by atoms with Crippen molar-refractivity contribution in [2.75, 3.05) is 6.61 Å². The highest BCUT2D eigenvalue weighted by Crippen LogP contribution is 2.15. The Bertz CT molecular complexity index is 147. The van der Waals surface area contributed by atoms with Crippen LogP contribution in [0.25, 0.3) is 0 Å². The third kappa shape index (κ3) is 1.31. The summed E-state index contributed by atoms with van der Waals surface area (Å²) in [7, 11) is 0. The van der Waals surface area contributed by atoms with Crippen molar-refractivity contribution in [3.63, 3.8) is 0 Å². The molecule has 0 unspecified atom stereocenters. The molecule has 2 heteroatoms. The summed E-state index contributed by atoms with van der Waals surface area (Å²) in [5, 5.41) is 0. The van der Waals surface area contributed by atoms with Gasteiger partial charge in [-0.25, -0.2) is 0 Å². The average Bonchev–Trinajstić information content (AvgIpc) is 1.89. The van der Waals surface area contributed by atoms with Crippen LogP contribution in [0.2, 0.25) is 0 Å². The van der Waals surface area contributed by atoms with Gasteiger partial charge in [0.2, 0.25) is 0 Å². The van der Waals surface area contributed by atoms with Gasteiger partial charge in [0, 0.05) is 5.57 Å². The first-order valence-electron chi connectivity index (χ1n) is 3.12. The SMILES string of the molecule is CC1=C(C=O)CCCO1. The van der Waals surface area contributed by atoms with Gasteiger partial charge >= 0.3 is 0 Å². The van der Waals surface area contributed by atoms with Crippen LogP contribution < -0.4 is 0 Å². The molecule has 1 heterocycles. The van der Waals surface area contributed by atoms with Crippen LogP contribution >= 0.6 is 0 Å². The van der Waals surface area contributed by atoms with E-state index in [4.69, 9.17) is 4.74 Å². The van der Waals surface area contributed by atoms with Gasteiger partial charge in [0.1, 0.15) is 6.29 Å². The van der Waals surface area contributed by atoms with Crippen LogP contribution in [0.15, 0.2) is 11.3 Å². The molecule has 0 spiro atoms. The molecular formula is C7H10O2. The van der Waals surface area contributed by atoms with Crippen molar-refractivity contribution in [2.24, 2.45) is 0 Å². The molecule has 0 atom stereocenters. The normalized spacial score (nSPS) is 19.2. The van der Waals surface area contributed by atoms with E-state index in [1.807, 2.05) is 6.92 Å². The minimum absolute atomic E-state index is 0.767. The maximum absolute atomic E-state index is 10.2. The van der Waals surface area contributed by atoms with Crippen molar-refractivity contribution in [3.05, 3.63) is 11.3 Å². The van der Waals surface area contributed by atoms with E-state index < -0.39 is 0 Å². The van der Waals surface area contributed by atoms with Crippen LogP contribution in [0, 0.1) is 0 Å². The van der Waals surface area contributed by atoms with Gasteiger partial charge in [-0.15, -0.1) is 0 Å². The van der Waals surface area contributed by atoms with E-state index >= 15 is 0 Å². The van der Waals surface area contributed by atoms with Crippen LogP contribution in [0.5, 0.6) is 0 Å². The Balaban J connectivity index is 2.70. The number of allylic oxidation sites excluding steroid dienone is 2. The smallest absolute Gasteiger partial charge is 0.149 e. The van der Waals surface area contributed by atoms with Crippen molar-refractivity contribution in [3.8, 4) is 0 Å². The second-order valence-corrected chi connectivity index (χ2v) is 2.15. The Morgan fingerprint density at radius 3 is 2.89 bits per heavy atom. The molecule has 1 aliphatic heterocycles. The first-order valence-corrected chi connectivity index (χ1v) is 3.12. The summed E-state index contributed by atoms with van der Waals surface area (Å²) in [6.07, 6.45) is 2.75. The fraction of sp³-hybridized carbons (Fsp3) is 0.571. The van der Waals surface area contributed by atoms with Crippen molar-refractivity contribution in [1.29, 1.82) is 0 Å². The Kier molecular flexibility index (Phi) is 1.88. The van der Waals surface area contributed by atoms with Gasteiger partial charge < -0.3 is 4.74 Å². The molecule has 0 aromatic carbocycles. The molecule has 50 valence electrons. The van der Waals surface area contributed by atoms with Crippen LogP contribution in [0.1, 0.15) is 19.8 Å². The average molecular weight is 126 g/mol. The fourth-order valence-corrected chi connectivity index (χ4v) is 0.899. The summed E-state index contributed by atoms with van der Waals surface area (Å²) >= 11 is 0. The van der Waals surface area contributed by atoms with E-state index in [1.165, 1.54) is 0 Å². The highest BCUT2D eigenvalue weighted by molar-refractivity contribution is 5.73. The van der Waals surface area contributed by atoms with Gasteiger partial charge in [0.25, 0.3) is 0 Å². The predicted octanol–water partition coefficient (Wildman–Crippen LogP) is 1.27. The monoisotopic (exact) mass is 126 g/mol. The van der Waals surface area contributed by atoms with Crippen molar-refractivity contribution in [1.82, 2.24) is 0 Å². The predicted molar refractivity (Wildman–Crippen MR) is 33.9 cm³/mol. The lowest BCUT2D eigenvalue weighted by molar-refractivity contribution is -0.105. The molecule has 0 fully saturated rings. The summed E-state index contributed by atoms with van der Waals surface area (Å²) in [6, 6.07) is 0. The maximum atomic E-state index is 10.2. The summed E-state index contributed by atoms with van der Waals surface area (Å²) in [5.41, 5.74) is 0.821. The third-order valence-electron chi connectivity index (χ3n) is 1.50. The molecule has 1 aliphatic rings. The number of carbonyl (C=O) groups excluding carboxylic acids is 1. The van der Waals surface area contributed by atoms with Gasteiger partial charge in [-0.2, -0.15) is 0 Å². The van der Waals surface area contributed by atoms with Gasteiger partial charge in [-0.3, -0.25) is 4.79 Å². The Labute approximate surface area is 54.5 Å². The maximum Gasteiger partial charge on any atom is 0.149 e. The van der Waals surface area contributed by atoms with Gasteiger partial charge in [0.05, 0.1) is 12.4 Å². The Hall–Kier alpha value is -0.790. The molecule has 0 bridgehead atoms. The first kappa shape index (κ1) is 6.33. The Morgan fingerprint density at radius 2 is 2.44 bits per heavy atom. The lowest BCUT2D eigenvalue weighted by atomic mass is 10.1. The van der Waals surface area contributed by atoms with Gasteiger partial charge in [-0.1, -0.05) is 0 Å². The third-order valence-corrected chi connectivity index (χ3v) is 1.50. The standard InChI is InChI=1S/C7H10O2/c1-6-7(5-8)3-2-4-9-6/h5H,2-4H2,1H3. The van der Waals surface area contributed by atoms with Gasteiger partial charge in [0.15, 0.2) is 0 Å². The minimum Gasteiger partial charge on any atom is -0.498 e. The summed E-state index contributed by atoms with van der Waals surface area (Å²) in [4.78, 5) is 10.2. The molecule has 0 aliphatic carbocycles. The second-order valence-electron chi connectivity index (χ2n) is 2.15. The van der Waals surface area contributed by atoms with Crippen LogP contribution in [-0.2, 0) is 9.53 Å². The van der Waals surface area contributed by atoms with E-state index in [0.717, 1.165) is 37.1 Å². The lowest BCUT2D eigenvalue weighted by Crippen LogP contribution is -2.04. The first-order chi connectivity index (χ1) is 4.34.